The summed E-state index contributed by atoms with van der Waals surface area (Å²) in [5, 5.41) is 7.21. The molecule has 0 spiro atoms. The molecule has 0 aromatic heterocycles. The molecular weight excluding hydrogens is 307 g/mol. The van der Waals surface area contributed by atoms with Gasteiger partial charge in [-0.05, 0) is 43.0 Å². The van der Waals surface area contributed by atoms with Crippen molar-refractivity contribution in [3.63, 3.8) is 0 Å². The lowest BCUT2D eigenvalue weighted by molar-refractivity contribution is -0.126. The van der Waals surface area contributed by atoms with E-state index >= 15 is 0 Å². The molecule has 2 atom stereocenters. The Morgan fingerprint density at radius 2 is 2.00 bits per heavy atom. The van der Waals surface area contributed by atoms with E-state index in [0.29, 0.717) is 5.92 Å². The summed E-state index contributed by atoms with van der Waals surface area (Å²) in [5.74, 6) is 0.597. The molecule has 118 valence electrons. The van der Waals surface area contributed by atoms with Crippen molar-refractivity contribution in [3.8, 4) is 0 Å². The van der Waals surface area contributed by atoms with Crippen LogP contribution in [0.4, 0.5) is 0 Å². The van der Waals surface area contributed by atoms with Crippen molar-refractivity contribution < 1.29 is 4.79 Å². The number of hydrogen-bond acceptors (Lipinski definition) is 2. The zero-order chi connectivity index (χ0) is 14.5. The molecule has 5 heteroatoms. The standard InChI is InChI=1S/C16H23ClN2O.ClH/c1-11(2)15(12-5-7-14(17)8-6-12)19-16(20)13-4-3-9-18-10-13;/h5-8,11,13,15,18H,3-4,9-10H2,1-2H3,(H,19,20);1H/t13-,15?;/m1./s1. The van der Waals surface area contributed by atoms with Crippen LogP contribution in [0.2, 0.25) is 5.02 Å². The minimum absolute atomic E-state index is 0. The van der Waals surface area contributed by atoms with Gasteiger partial charge in [-0.1, -0.05) is 37.6 Å². The summed E-state index contributed by atoms with van der Waals surface area (Å²) in [4.78, 5) is 12.4. The van der Waals surface area contributed by atoms with Crippen LogP contribution in [0.5, 0.6) is 0 Å². The van der Waals surface area contributed by atoms with E-state index in [9.17, 15) is 4.79 Å². The highest BCUT2D eigenvalue weighted by Gasteiger charge is 2.25. The number of carbonyl (C=O) groups is 1. The zero-order valence-corrected chi connectivity index (χ0v) is 14.1. The fourth-order valence-electron chi connectivity index (χ4n) is 2.65. The predicted octanol–water partition coefficient (Wildman–Crippen LogP) is 3.57. The summed E-state index contributed by atoms with van der Waals surface area (Å²) in [5.41, 5.74) is 1.11. The first-order valence-electron chi connectivity index (χ1n) is 7.34. The molecule has 0 saturated carbocycles. The monoisotopic (exact) mass is 330 g/mol. The molecule has 2 N–H and O–H groups in total. The van der Waals surface area contributed by atoms with Gasteiger partial charge in [0.15, 0.2) is 0 Å². The topological polar surface area (TPSA) is 41.1 Å². The third-order valence-corrected chi connectivity index (χ3v) is 4.11. The zero-order valence-electron chi connectivity index (χ0n) is 12.6. The highest BCUT2D eigenvalue weighted by molar-refractivity contribution is 6.30. The number of amides is 1. The summed E-state index contributed by atoms with van der Waals surface area (Å²) < 4.78 is 0. The Hall–Kier alpha value is -0.770. The smallest absolute Gasteiger partial charge is 0.224 e. The first kappa shape index (κ1) is 18.3. The molecular formula is C16H24Cl2N2O. The highest BCUT2D eigenvalue weighted by Crippen LogP contribution is 2.24. The minimum Gasteiger partial charge on any atom is -0.349 e. The second-order valence-electron chi connectivity index (χ2n) is 5.83. The van der Waals surface area contributed by atoms with E-state index < -0.39 is 0 Å². The van der Waals surface area contributed by atoms with Crippen molar-refractivity contribution in [1.29, 1.82) is 0 Å². The molecule has 2 rings (SSSR count). The Morgan fingerprint density at radius 1 is 1.33 bits per heavy atom. The van der Waals surface area contributed by atoms with Crippen LogP contribution in [0.1, 0.15) is 38.3 Å². The third-order valence-electron chi connectivity index (χ3n) is 3.86. The normalized spacial score (nSPS) is 19.7. The van der Waals surface area contributed by atoms with Crippen molar-refractivity contribution in [1.82, 2.24) is 10.6 Å². The van der Waals surface area contributed by atoms with E-state index in [1.54, 1.807) is 0 Å². The van der Waals surface area contributed by atoms with Gasteiger partial charge < -0.3 is 10.6 Å². The molecule has 1 unspecified atom stereocenters. The summed E-state index contributed by atoms with van der Waals surface area (Å²) in [7, 11) is 0. The van der Waals surface area contributed by atoms with Crippen LogP contribution in [0, 0.1) is 11.8 Å². The molecule has 1 aromatic rings. The fourth-order valence-corrected chi connectivity index (χ4v) is 2.78. The lowest BCUT2D eigenvalue weighted by atomic mass is 9.93. The average molecular weight is 331 g/mol. The Morgan fingerprint density at radius 3 is 2.52 bits per heavy atom. The van der Waals surface area contributed by atoms with Gasteiger partial charge in [0.05, 0.1) is 12.0 Å². The van der Waals surface area contributed by atoms with Gasteiger partial charge in [-0.2, -0.15) is 0 Å². The van der Waals surface area contributed by atoms with Crippen molar-refractivity contribution >= 4 is 29.9 Å². The Labute approximate surface area is 138 Å². The van der Waals surface area contributed by atoms with Gasteiger partial charge in [0.2, 0.25) is 5.91 Å². The van der Waals surface area contributed by atoms with Crippen molar-refractivity contribution in [2.45, 2.75) is 32.7 Å². The van der Waals surface area contributed by atoms with E-state index in [2.05, 4.69) is 24.5 Å². The summed E-state index contributed by atoms with van der Waals surface area (Å²) in [6, 6.07) is 7.78. The molecule has 1 amide bonds. The molecule has 21 heavy (non-hydrogen) atoms. The molecule has 0 radical (unpaired) electrons. The Bertz CT molecular complexity index is 442. The lowest BCUT2D eigenvalue weighted by Gasteiger charge is -2.28. The molecule has 3 nitrogen and oxygen atoms in total. The molecule has 0 bridgehead atoms. The molecule has 1 aliphatic heterocycles. The van der Waals surface area contributed by atoms with Gasteiger partial charge in [-0.25, -0.2) is 0 Å². The predicted molar refractivity (Wildman–Crippen MR) is 90.0 cm³/mol. The van der Waals surface area contributed by atoms with Gasteiger partial charge in [0.25, 0.3) is 0 Å². The fraction of sp³-hybridized carbons (Fsp3) is 0.562. The summed E-state index contributed by atoms with van der Waals surface area (Å²) in [6.45, 7) is 6.06. The van der Waals surface area contributed by atoms with Crippen molar-refractivity contribution in [3.05, 3.63) is 34.9 Å². The number of piperidine rings is 1. The van der Waals surface area contributed by atoms with Crippen LogP contribution in [-0.4, -0.2) is 19.0 Å². The van der Waals surface area contributed by atoms with Crippen LogP contribution < -0.4 is 10.6 Å². The largest absolute Gasteiger partial charge is 0.349 e. The van der Waals surface area contributed by atoms with E-state index in [0.717, 1.165) is 36.5 Å². The Balaban J connectivity index is 0.00000220. The maximum Gasteiger partial charge on any atom is 0.224 e. The molecule has 1 saturated heterocycles. The number of hydrogen-bond donors (Lipinski definition) is 2. The van der Waals surface area contributed by atoms with Crippen molar-refractivity contribution in [2.24, 2.45) is 11.8 Å². The summed E-state index contributed by atoms with van der Waals surface area (Å²) in [6.07, 6.45) is 2.05. The quantitative estimate of drug-likeness (QED) is 0.885. The van der Waals surface area contributed by atoms with E-state index in [4.69, 9.17) is 11.6 Å². The minimum atomic E-state index is 0. The number of carbonyl (C=O) groups excluding carboxylic acids is 1. The van der Waals surface area contributed by atoms with Gasteiger partial charge in [-0.15, -0.1) is 12.4 Å². The molecule has 1 aromatic carbocycles. The number of benzene rings is 1. The van der Waals surface area contributed by atoms with Crippen LogP contribution in [-0.2, 0) is 4.79 Å². The van der Waals surface area contributed by atoms with E-state index in [-0.39, 0.29) is 30.3 Å². The molecule has 1 fully saturated rings. The van der Waals surface area contributed by atoms with E-state index in [1.807, 2.05) is 24.3 Å². The third kappa shape index (κ3) is 5.17. The second kappa shape index (κ2) is 8.62. The molecule has 0 aliphatic carbocycles. The number of rotatable bonds is 4. The SMILES string of the molecule is CC(C)C(NC(=O)[C@@H]1CCCNC1)c1ccc(Cl)cc1.Cl. The Kier molecular flexibility index (Phi) is 7.50. The maximum absolute atomic E-state index is 12.4. The van der Waals surface area contributed by atoms with Crippen LogP contribution in [0.3, 0.4) is 0 Å². The first-order valence-corrected chi connectivity index (χ1v) is 7.72. The van der Waals surface area contributed by atoms with Gasteiger partial charge in [0.1, 0.15) is 0 Å². The van der Waals surface area contributed by atoms with E-state index in [1.165, 1.54) is 0 Å². The number of nitrogens with one attached hydrogen (secondary N) is 2. The van der Waals surface area contributed by atoms with Gasteiger partial charge >= 0.3 is 0 Å². The van der Waals surface area contributed by atoms with Crippen molar-refractivity contribution in [2.75, 3.05) is 13.1 Å². The van der Waals surface area contributed by atoms with Crippen LogP contribution >= 0.6 is 24.0 Å². The molecule has 1 heterocycles. The second-order valence-corrected chi connectivity index (χ2v) is 6.26. The first-order chi connectivity index (χ1) is 9.58. The molecule has 1 aliphatic rings. The van der Waals surface area contributed by atoms with Gasteiger partial charge in [-0.3, -0.25) is 4.79 Å². The summed E-state index contributed by atoms with van der Waals surface area (Å²) >= 11 is 5.93. The number of halogens is 2. The maximum atomic E-state index is 12.4. The van der Waals surface area contributed by atoms with Gasteiger partial charge in [0, 0.05) is 11.6 Å². The average Bonchev–Trinajstić information content (AvgIpc) is 2.46. The highest BCUT2D eigenvalue weighted by atomic mass is 35.5. The van der Waals surface area contributed by atoms with Crippen LogP contribution in [0.15, 0.2) is 24.3 Å². The lowest BCUT2D eigenvalue weighted by Crippen LogP contribution is -2.42. The van der Waals surface area contributed by atoms with Crippen LogP contribution in [0.25, 0.3) is 0 Å².